The first-order valence-electron chi connectivity index (χ1n) is 4.46. The Hall–Kier alpha value is -0.280. The van der Waals surface area contributed by atoms with Crippen molar-refractivity contribution < 1.29 is 0 Å². The highest BCUT2D eigenvalue weighted by atomic mass is 79.9. The molecule has 1 aromatic rings. The summed E-state index contributed by atoms with van der Waals surface area (Å²) in [7, 11) is 0. The summed E-state index contributed by atoms with van der Waals surface area (Å²) in [6.07, 6.45) is 4.11. The Morgan fingerprint density at radius 2 is 1.86 bits per heavy atom. The lowest BCUT2D eigenvalue weighted by atomic mass is 10.2. The van der Waals surface area contributed by atoms with Crippen LogP contribution in [0.5, 0.6) is 0 Å². The summed E-state index contributed by atoms with van der Waals surface area (Å²) in [6, 6.07) is 4.20. The van der Waals surface area contributed by atoms with Crippen LogP contribution >= 0.6 is 31.9 Å². The molecule has 0 heterocycles. The van der Waals surface area contributed by atoms with E-state index in [9.17, 15) is 0 Å². The molecule has 0 spiro atoms. The first-order valence-corrected chi connectivity index (χ1v) is 6.04. The van der Waals surface area contributed by atoms with Crippen molar-refractivity contribution >= 4 is 37.5 Å². The third-order valence-electron chi connectivity index (χ3n) is 1.82. The van der Waals surface area contributed by atoms with E-state index in [1.165, 1.54) is 5.56 Å². The summed E-state index contributed by atoms with van der Waals surface area (Å²) in [5, 5.41) is 3.33. The molecule has 0 amide bonds. The van der Waals surface area contributed by atoms with E-state index in [1.807, 2.05) is 13.0 Å². The van der Waals surface area contributed by atoms with E-state index < -0.39 is 0 Å². The minimum absolute atomic E-state index is 0.844. The Bertz CT molecular complexity index is 322. The minimum Gasteiger partial charge on any atom is -0.380 e. The Balaban J connectivity index is 2.85. The predicted molar refractivity (Wildman–Crippen MR) is 69.9 cm³/mol. The molecule has 1 aromatic carbocycles. The van der Waals surface area contributed by atoms with Crippen molar-refractivity contribution in [1.29, 1.82) is 0 Å². The fourth-order valence-corrected chi connectivity index (χ4v) is 2.84. The fraction of sp³-hybridized carbons (Fsp3) is 0.273. The van der Waals surface area contributed by atoms with Crippen LogP contribution in [0.2, 0.25) is 0 Å². The number of rotatable bonds is 3. The summed E-state index contributed by atoms with van der Waals surface area (Å²) in [6.45, 7) is 4.93. The summed E-state index contributed by atoms with van der Waals surface area (Å²) in [4.78, 5) is 0. The van der Waals surface area contributed by atoms with Gasteiger partial charge in [0.05, 0.1) is 5.69 Å². The maximum absolute atomic E-state index is 3.53. The molecule has 0 atom stereocenters. The molecule has 1 N–H and O–H groups in total. The molecule has 0 aromatic heterocycles. The molecule has 0 saturated carbocycles. The number of aryl methyl sites for hydroxylation is 1. The molecule has 0 bridgehead atoms. The molecule has 76 valence electrons. The normalized spacial score (nSPS) is 10.9. The van der Waals surface area contributed by atoms with Gasteiger partial charge in [-0.3, -0.25) is 0 Å². The second-order valence-corrected chi connectivity index (χ2v) is 4.76. The van der Waals surface area contributed by atoms with Crippen LogP contribution in [0, 0.1) is 6.92 Å². The molecule has 0 aliphatic heterocycles. The number of nitrogens with one attached hydrogen (secondary N) is 1. The standard InChI is InChI=1S/C11H13Br2N/c1-3-4-5-14-11-9(12)6-8(2)7-10(11)13/h3-4,6-7,14H,5H2,1-2H3/b4-3+. The van der Waals surface area contributed by atoms with Gasteiger partial charge in [0.1, 0.15) is 0 Å². The van der Waals surface area contributed by atoms with Crippen molar-refractivity contribution in [3.63, 3.8) is 0 Å². The monoisotopic (exact) mass is 317 g/mol. The molecule has 3 heteroatoms. The summed E-state index contributed by atoms with van der Waals surface area (Å²) in [5.74, 6) is 0. The molecule has 0 saturated heterocycles. The first kappa shape index (κ1) is 11.8. The van der Waals surface area contributed by atoms with E-state index in [1.54, 1.807) is 0 Å². The average Bonchev–Trinajstić information content (AvgIpc) is 2.09. The highest BCUT2D eigenvalue weighted by Gasteiger charge is 2.04. The summed E-state index contributed by atoms with van der Waals surface area (Å²) >= 11 is 7.07. The van der Waals surface area contributed by atoms with Gasteiger partial charge in [-0.25, -0.2) is 0 Å². The Kier molecular flexibility index (Phi) is 4.69. The van der Waals surface area contributed by atoms with Crippen molar-refractivity contribution in [1.82, 2.24) is 0 Å². The summed E-state index contributed by atoms with van der Waals surface area (Å²) < 4.78 is 2.18. The molecule has 1 rings (SSSR count). The van der Waals surface area contributed by atoms with Crippen molar-refractivity contribution in [3.05, 3.63) is 38.8 Å². The Morgan fingerprint density at radius 3 is 2.36 bits per heavy atom. The number of hydrogen-bond donors (Lipinski definition) is 1. The van der Waals surface area contributed by atoms with Crippen LogP contribution < -0.4 is 5.32 Å². The van der Waals surface area contributed by atoms with E-state index in [0.29, 0.717) is 0 Å². The van der Waals surface area contributed by atoms with Crippen LogP contribution in [0.25, 0.3) is 0 Å². The molecule has 0 aliphatic rings. The zero-order valence-electron chi connectivity index (χ0n) is 8.27. The number of allylic oxidation sites excluding steroid dienone is 1. The molecule has 1 nitrogen and oxygen atoms in total. The average molecular weight is 319 g/mol. The van der Waals surface area contributed by atoms with Crippen LogP contribution in [0.1, 0.15) is 12.5 Å². The molecule has 0 radical (unpaired) electrons. The van der Waals surface area contributed by atoms with Crippen LogP contribution in [0.15, 0.2) is 33.2 Å². The largest absolute Gasteiger partial charge is 0.380 e. The third kappa shape index (κ3) is 3.14. The molecular weight excluding hydrogens is 306 g/mol. The van der Waals surface area contributed by atoms with Gasteiger partial charge < -0.3 is 5.32 Å². The maximum atomic E-state index is 3.53. The van der Waals surface area contributed by atoms with Gasteiger partial charge in [0.2, 0.25) is 0 Å². The van der Waals surface area contributed by atoms with Crippen molar-refractivity contribution in [2.24, 2.45) is 0 Å². The van der Waals surface area contributed by atoms with Gasteiger partial charge in [0.15, 0.2) is 0 Å². The first-order chi connectivity index (χ1) is 6.65. The van der Waals surface area contributed by atoms with Crippen LogP contribution in [0.4, 0.5) is 5.69 Å². The molecule has 0 unspecified atom stereocenters. The Morgan fingerprint density at radius 1 is 1.29 bits per heavy atom. The van der Waals surface area contributed by atoms with Gasteiger partial charge in [-0.2, -0.15) is 0 Å². The van der Waals surface area contributed by atoms with E-state index in [2.05, 4.69) is 62.3 Å². The number of halogens is 2. The molecule has 0 fully saturated rings. The second kappa shape index (κ2) is 5.56. The SMILES string of the molecule is C/C=C/CNc1c(Br)cc(C)cc1Br. The van der Waals surface area contributed by atoms with Crippen molar-refractivity contribution in [2.75, 3.05) is 11.9 Å². The van der Waals surface area contributed by atoms with Crippen molar-refractivity contribution in [3.8, 4) is 0 Å². The molecular formula is C11H13Br2N. The van der Waals surface area contributed by atoms with Crippen LogP contribution in [-0.2, 0) is 0 Å². The highest BCUT2D eigenvalue weighted by Crippen LogP contribution is 2.31. The quantitative estimate of drug-likeness (QED) is 0.809. The van der Waals surface area contributed by atoms with E-state index in [4.69, 9.17) is 0 Å². The zero-order chi connectivity index (χ0) is 10.6. The molecule has 0 aliphatic carbocycles. The number of anilines is 1. The summed E-state index contributed by atoms with van der Waals surface area (Å²) in [5.41, 5.74) is 2.34. The molecule has 14 heavy (non-hydrogen) atoms. The lowest BCUT2D eigenvalue weighted by Crippen LogP contribution is -2.00. The van der Waals surface area contributed by atoms with E-state index in [-0.39, 0.29) is 0 Å². The smallest absolute Gasteiger partial charge is 0.0631 e. The van der Waals surface area contributed by atoms with Gasteiger partial charge >= 0.3 is 0 Å². The number of benzene rings is 1. The minimum atomic E-state index is 0.844. The van der Waals surface area contributed by atoms with E-state index >= 15 is 0 Å². The topological polar surface area (TPSA) is 12.0 Å². The van der Waals surface area contributed by atoms with Gasteiger partial charge in [-0.05, 0) is 63.4 Å². The van der Waals surface area contributed by atoms with Crippen LogP contribution in [-0.4, -0.2) is 6.54 Å². The van der Waals surface area contributed by atoms with Gasteiger partial charge in [0, 0.05) is 15.5 Å². The fourth-order valence-electron chi connectivity index (χ4n) is 1.15. The zero-order valence-corrected chi connectivity index (χ0v) is 11.4. The maximum Gasteiger partial charge on any atom is 0.0631 e. The van der Waals surface area contributed by atoms with Gasteiger partial charge in [-0.1, -0.05) is 12.2 Å². The third-order valence-corrected chi connectivity index (χ3v) is 3.07. The van der Waals surface area contributed by atoms with Crippen LogP contribution in [0.3, 0.4) is 0 Å². The van der Waals surface area contributed by atoms with Gasteiger partial charge in [-0.15, -0.1) is 0 Å². The Labute approximate surface area is 102 Å². The van der Waals surface area contributed by atoms with Crippen molar-refractivity contribution in [2.45, 2.75) is 13.8 Å². The lowest BCUT2D eigenvalue weighted by molar-refractivity contribution is 1.29. The predicted octanol–water partition coefficient (Wildman–Crippen LogP) is 4.51. The second-order valence-electron chi connectivity index (χ2n) is 3.05. The number of hydrogen-bond acceptors (Lipinski definition) is 1. The lowest BCUT2D eigenvalue weighted by Gasteiger charge is -2.09. The highest BCUT2D eigenvalue weighted by molar-refractivity contribution is 9.11. The van der Waals surface area contributed by atoms with Gasteiger partial charge in [0.25, 0.3) is 0 Å². The van der Waals surface area contributed by atoms with E-state index in [0.717, 1.165) is 21.2 Å².